The number of nitrogens with two attached hydrogens (primary N) is 1. The minimum Gasteiger partial charge on any atom is -0.370 e. The first-order valence-corrected chi connectivity index (χ1v) is 9.69. The average Bonchev–Trinajstić information content (AvgIpc) is 3.15. The van der Waals surface area contributed by atoms with E-state index in [0.717, 1.165) is 62.4 Å². The number of rotatable bonds is 5. The van der Waals surface area contributed by atoms with Crippen LogP contribution in [0.15, 0.2) is 30.3 Å². The summed E-state index contributed by atoms with van der Waals surface area (Å²) in [6, 6.07) is 10.2. The molecule has 1 atom stereocenters. The van der Waals surface area contributed by atoms with Crippen LogP contribution in [0.2, 0.25) is 0 Å². The maximum atomic E-state index is 11.1. The Labute approximate surface area is 154 Å². The number of piperidine rings is 1. The zero-order chi connectivity index (χ0) is 17.9. The number of aryl methyl sites for hydroxylation is 1. The van der Waals surface area contributed by atoms with E-state index in [9.17, 15) is 4.79 Å². The summed E-state index contributed by atoms with van der Waals surface area (Å²) in [5.74, 6) is 2.27. The first-order valence-electron chi connectivity index (χ1n) is 9.69. The number of anilines is 1. The summed E-state index contributed by atoms with van der Waals surface area (Å²) >= 11 is 0. The number of fused-ring (bicyclic) bond motifs is 1. The van der Waals surface area contributed by atoms with E-state index in [-0.39, 0.29) is 5.91 Å². The van der Waals surface area contributed by atoms with Crippen LogP contribution in [0.4, 0.5) is 5.82 Å². The van der Waals surface area contributed by atoms with Gasteiger partial charge in [0, 0.05) is 36.3 Å². The lowest BCUT2D eigenvalue weighted by molar-refractivity contribution is -0.118. The summed E-state index contributed by atoms with van der Waals surface area (Å²) in [5, 5.41) is 0. The van der Waals surface area contributed by atoms with Crippen molar-refractivity contribution in [2.75, 3.05) is 18.0 Å². The highest BCUT2D eigenvalue weighted by Crippen LogP contribution is 2.34. The molecule has 1 aromatic carbocycles. The Bertz CT molecular complexity index is 790. The molecular weight excluding hydrogens is 324 g/mol. The maximum Gasteiger partial charge on any atom is 0.217 e. The van der Waals surface area contributed by atoms with Crippen LogP contribution in [0, 0.1) is 5.92 Å². The van der Waals surface area contributed by atoms with Crippen LogP contribution in [0.3, 0.4) is 0 Å². The molecule has 2 aliphatic rings. The Hall–Kier alpha value is -2.43. The van der Waals surface area contributed by atoms with Gasteiger partial charge in [0.25, 0.3) is 0 Å². The van der Waals surface area contributed by atoms with E-state index in [1.54, 1.807) is 0 Å². The number of carbonyl (C=O) groups excluding carboxylic acids is 1. The fourth-order valence-corrected chi connectivity index (χ4v) is 4.23. The summed E-state index contributed by atoms with van der Waals surface area (Å²) < 4.78 is 0. The zero-order valence-corrected chi connectivity index (χ0v) is 15.2. The van der Waals surface area contributed by atoms with Crippen molar-refractivity contribution >= 4 is 11.7 Å². The Morgan fingerprint density at radius 3 is 2.81 bits per heavy atom. The summed E-state index contributed by atoms with van der Waals surface area (Å²) in [4.78, 5) is 23.4. The van der Waals surface area contributed by atoms with Crippen molar-refractivity contribution in [1.82, 2.24) is 9.97 Å². The molecule has 1 saturated heterocycles. The van der Waals surface area contributed by atoms with Crippen LogP contribution in [0.25, 0.3) is 11.4 Å². The second-order valence-corrected chi connectivity index (χ2v) is 7.47. The van der Waals surface area contributed by atoms with Crippen molar-refractivity contribution in [1.29, 1.82) is 0 Å². The Balaban J connectivity index is 1.63. The minimum absolute atomic E-state index is 0.198. The minimum atomic E-state index is -0.198. The number of hydrogen-bond donors (Lipinski definition) is 1. The van der Waals surface area contributed by atoms with Gasteiger partial charge in [-0.05, 0) is 44.4 Å². The van der Waals surface area contributed by atoms with E-state index >= 15 is 0 Å². The van der Waals surface area contributed by atoms with Crippen molar-refractivity contribution in [3.05, 3.63) is 41.6 Å². The van der Waals surface area contributed by atoms with Crippen LogP contribution in [0.5, 0.6) is 0 Å². The van der Waals surface area contributed by atoms with Crippen LogP contribution in [-0.4, -0.2) is 29.0 Å². The molecule has 1 unspecified atom stereocenters. The van der Waals surface area contributed by atoms with Gasteiger partial charge in [0.1, 0.15) is 5.82 Å². The van der Waals surface area contributed by atoms with Crippen molar-refractivity contribution < 1.29 is 4.79 Å². The number of aromatic nitrogens is 2. The smallest absolute Gasteiger partial charge is 0.217 e. The molecule has 0 bridgehead atoms. The highest BCUT2D eigenvalue weighted by atomic mass is 16.1. The Morgan fingerprint density at radius 1 is 1.15 bits per heavy atom. The summed E-state index contributed by atoms with van der Waals surface area (Å²) in [6.45, 7) is 2.00. The molecule has 2 N–H and O–H groups in total. The molecule has 1 fully saturated rings. The van der Waals surface area contributed by atoms with E-state index < -0.39 is 0 Å². The van der Waals surface area contributed by atoms with Gasteiger partial charge in [-0.2, -0.15) is 0 Å². The quantitative estimate of drug-likeness (QED) is 0.899. The number of amides is 1. The summed E-state index contributed by atoms with van der Waals surface area (Å²) in [7, 11) is 0. The molecule has 2 aromatic rings. The normalized spacial score (nSPS) is 19.4. The molecule has 4 rings (SSSR count). The predicted molar refractivity (Wildman–Crippen MR) is 103 cm³/mol. The van der Waals surface area contributed by atoms with Gasteiger partial charge >= 0.3 is 0 Å². The van der Waals surface area contributed by atoms with Crippen LogP contribution in [0.1, 0.15) is 43.4 Å². The van der Waals surface area contributed by atoms with E-state index in [1.165, 1.54) is 17.7 Å². The van der Waals surface area contributed by atoms with E-state index in [2.05, 4.69) is 17.0 Å². The number of carbonyl (C=O) groups is 1. The Kier molecular flexibility index (Phi) is 4.87. The third kappa shape index (κ3) is 3.57. The maximum absolute atomic E-state index is 11.1. The lowest BCUT2D eigenvalue weighted by Crippen LogP contribution is -2.37. The highest BCUT2D eigenvalue weighted by molar-refractivity contribution is 5.73. The standard InChI is InChI=1S/C21H26N4O/c22-19(26)12-11-15-6-5-13-25(14-15)21-17-9-4-10-18(17)23-20(24-21)16-7-2-1-3-8-16/h1-3,7-8,15H,4-6,9-14H2,(H2,22,26). The second-order valence-electron chi connectivity index (χ2n) is 7.47. The van der Waals surface area contributed by atoms with Gasteiger partial charge in [-0.1, -0.05) is 30.3 Å². The van der Waals surface area contributed by atoms with Crippen molar-refractivity contribution in [2.45, 2.75) is 44.9 Å². The molecule has 2 heterocycles. The van der Waals surface area contributed by atoms with Gasteiger partial charge in [-0.25, -0.2) is 9.97 Å². The lowest BCUT2D eigenvalue weighted by Gasteiger charge is -2.34. The fourth-order valence-electron chi connectivity index (χ4n) is 4.23. The topological polar surface area (TPSA) is 72.1 Å². The molecule has 26 heavy (non-hydrogen) atoms. The monoisotopic (exact) mass is 350 g/mol. The predicted octanol–water partition coefficient (Wildman–Crippen LogP) is 3.11. The molecule has 0 spiro atoms. The molecule has 1 aromatic heterocycles. The highest BCUT2D eigenvalue weighted by Gasteiger charge is 2.27. The van der Waals surface area contributed by atoms with Gasteiger partial charge < -0.3 is 10.6 Å². The summed E-state index contributed by atoms with van der Waals surface area (Å²) in [5.41, 5.74) is 8.96. The van der Waals surface area contributed by atoms with E-state index in [4.69, 9.17) is 15.7 Å². The third-order valence-electron chi connectivity index (χ3n) is 5.56. The molecule has 5 heteroatoms. The van der Waals surface area contributed by atoms with Gasteiger partial charge in [-0.15, -0.1) is 0 Å². The third-order valence-corrected chi connectivity index (χ3v) is 5.56. The summed E-state index contributed by atoms with van der Waals surface area (Å²) in [6.07, 6.45) is 6.95. The molecule has 1 aliphatic carbocycles. The van der Waals surface area contributed by atoms with Gasteiger partial charge in [0.2, 0.25) is 5.91 Å². The number of primary amides is 1. The van der Waals surface area contributed by atoms with Crippen molar-refractivity contribution in [3.63, 3.8) is 0 Å². The molecule has 5 nitrogen and oxygen atoms in total. The number of hydrogen-bond acceptors (Lipinski definition) is 4. The van der Waals surface area contributed by atoms with Crippen LogP contribution < -0.4 is 10.6 Å². The van der Waals surface area contributed by atoms with Crippen molar-refractivity contribution in [2.24, 2.45) is 11.7 Å². The molecule has 1 aliphatic heterocycles. The molecular formula is C21H26N4O. The van der Waals surface area contributed by atoms with E-state index in [0.29, 0.717) is 12.3 Å². The second kappa shape index (κ2) is 7.44. The largest absolute Gasteiger partial charge is 0.370 e. The zero-order valence-electron chi connectivity index (χ0n) is 15.2. The van der Waals surface area contributed by atoms with Gasteiger partial charge in [0.15, 0.2) is 5.82 Å². The molecule has 136 valence electrons. The van der Waals surface area contributed by atoms with E-state index in [1.807, 2.05) is 18.2 Å². The molecule has 0 saturated carbocycles. The fraction of sp³-hybridized carbons (Fsp3) is 0.476. The average molecular weight is 350 g/mol. The first kappa shape index (κ1) is 17.0. The van der Waals surface area contributed by atoms with Crippen molar-refractivity contribution in [3.8, 4) is 11.4 Å². The molecule has 1 amide bonds. The SMILES string of the molecule is NC(=O)CCC1CCCN(c2nc(-c3ccccc3)nc3c2CCC3)C1. The van der Waals surface area contributed by atoms with Gasteiger partial charge in [-0.3, -0.25) is 4.79 Å². The first-order chi connectivity index (χ1) is 12.7. The van der Waals surface area contributed by atoms with Gasteiger partial charge in [0.05, 0.1) is 0 Å². The van der Waals surface area contributed by atoms with Crippen LogP contribution >= 0.6 is 0 Å². The number of nitrogens with zero attached hydrogens (tertiary/aromatic N) is 3. The molecule has 0 radical (unpaired) electrons. The number of benzene rings is 1. The Morgan fingerprint density at radius 2 is 2.00 bits per heavy atom. The van der Waals surface area contributed by atoms with Crippen LogP contribution in [-0.2, 0) is 17.6 Å². The lowest BCUT2D eigenvalue weighted by atomic mass is 9.93.